The SMILES string of the molecule is Cc1ccc([C@H](N)CO)cc1.Cl. The highest BCUT2D eigenvalue weighted by Crippen LogP contribution is 2.09. The van der Waals surface area contributed by atoms with Crippen molar-refractivity contribution in [1.29, 1.82) is 0 Å². The Bertz CT molecular complexity index is 222. The van der Waals surface area contributed by atoms with E-state index in [1.807, 2.05) is 31.2 Å². The van der Waals surface area contributed by atoms with Crippen LogP contribution in [0.4, 0.5) is 0 Å². The number of hydrogen-bond acceptors (Lipinski definition) is 2. The lowest BCUT2D eigenvalue weighted by atomic mass is 10.1. The molecule has 0 radical (unpaired) electrons. The van der Waals surface area contributed by atoms with Crippen molar-refractivity contribution >= 4 is 12.4 Å². The van der Waals surface area contributed by atoms with E-state index in [2.05, 4.69) is 0 Å². The minimum Gasteiger partial charge on any atom is -0.394 e. The standard InChI is InChI=1S/C9H13NO.ClH/c1-7-2-4-8(5-3-7)9(10)6-11;/h2-5,9,11H,6,10H2,1H3;1H/t9-;/m1./s1. The van der Waals surface area contributed by atoms with Gasteiger partial charge in [0.15, 0.2) is 0 Å². The molecule has 0 aromatic heterocycles. The van der Waals surface area contributed by atoms with Gasteiger partial charge in [-0.25, -0.2) is 0 Å². The van der Waals surface area contributed by atoms with E-state index in [1.54, 1.807) is 0 Å². The predicted molar refractivity (Wildman–Crippen MR) is 52.4 cm³/mol. The summed E-state index contributed by atoms with van der Waals surface area (Å²) in [5.41, 5.74) is 7.79. The molecule has 3 N–H and O–H groups in total. The van der Waals surface area contributed by atoms with Gasteiger partial charge in [0.25, 0.3) is 0 Å². The Morgan fingerprint density at radius 3 is 2.25 bits per heavy atom. The van der Waals surface area contributed by atoms with Crippen LogP contribution < -0.4 is 5.73 Å². The molecule has 68 valence electrons. The fourth-order valence-corrected chi connectivity index (χ4v) is 0.919. The van der Waals surface area contributed by atoms with Crippen molar-refractivity contribution in [2.24, 2.45) is 5.73 Å². The quantitative estimate of drug-likeness (QED) is 0.736. The van der Waals surface area contributed by atoms with E-state index >= 15 is 0 Å². The average Bonchev–Trinajstić information content (AvgIpc) is 2.05. The van der Waals surface area contributed by atoms with Crippen LogP contribution >= 0.6 is 12.4 Å². The maximum atomic E-state index is 8.73. The molecular formula is C9H14ClNO. The Kier molecular flexibility index (Phi) is 4.90. The van der Waals surface area contributed by atoms with Gasteiger partial charge in [0, 0.05) is 0 Å². The molecule has 0 fully saturated rings. The summed E-state index contributed by atoms with van der Waals surface area (Å²) in [5.74, 6) is 0. The number of halogens is 1. The number of aryl methyl sites for hydroxylation is 1. The van der Waals surface area contributed by atoms with Gasteiger partial charge in [0.1, 0.15) is 0 Å². The third kappa shape index (κ3) is 2.81. The molecule has 0 heterocycles. The molecule has 0 unspecified atom stereocenters. The fourth-order valence-electron chi connectivity index (χ4n) is 0.919. The van der Waals surface area contributed by atoms with Gasteiger partial charge in [-0.15, -0.1) is 12.4 Å². The van der Waals surface area contributed by atoms with Crippen LogP contribution in [-0.4, -0.2) is 11.7 Å². The van der Waals surface area contributed by atoms with E-state index in [-0.39, 0.29) is 25.1 Å². The van der Waals surface area contributed by atoms with Gasteiger partial charge in [-0.3, -0.25) is 0 Å². The van der Waals surface area contributed by atoms with Crippen molar-refractivity contribution in [3.63, 3.8) is 0 Å². The van der Waals surface area contributed by atoms with E-state index in [0.29, 0.717) is 0 Å². The van der Waals surface area contributed by atoms with Gasteiger partial charge in [0.05, 0.1) is 12.6 Å². The third-order valence-electron chi connectivity index (χ3n) is 1.70. The van der Waals surface area contributed by atoms with Gasteiger partial charge < -0.3 is 10.8 Å². The predicted octanol–water partition coefficient (Wildman–Crippen LogP) is 1.41. The van der Waals surface area contributed by atoms with E-state index in [1.165, 1.54) is 5.56 Å². The maximum absolute atomic E-state index is 8.73. The lowest BCUT2D eigenvalue weighted by Crippen LogP contribution is -2.14. The zero-order valence-corrected chi connectivity index (χ0v) is 7.84. The molecule has 12 heavy (non-hydrogen) atoms. The molecule has 1 aromatic rings. The number of aliphatic hydroxyl groups excluding tert-OH is 1. The molecule has 0 aliphatic rings. The first-order valence-corrected chi connectivity index (χ1v) is 3.67. The maximum Gasteiger partial charge on any atom is 0.0624 e. The normalized spacial score (nSPS) is 11.9. The summed E-state index contributed by atoms with van der Waals surface area (Å²) in [4.78, 5) is 0. The summed E-state index contributed by atoms with van der Waals surface area (Å²) in [6.45, 7) is 2.03. The Balaban J connectivity index is 0.00000121. The van der Waals surface area contributed by atoms with Crippen LogP contribution in [0.3, 0.4) is 0 Å². The van der Waals surface area contributed by atoms with Crippen molar-refractivity contribution in [1.82, 2.24) is 0 Å². The van der Waals surface area contributed by atoms with E-state index in [9.17, 15) is 0 Å². The van der Waals surface area contributed by atoms with Gasteiger partial charge in [0.2, 0.25) is 0 Å². The second-order valence-electron chi connectivity index (χ2n) is 2.70. The zero-order valence-electron chi connectivity index (χ0n) is 7.03. The van der Waals surface area contributed by atoms with Crippen molar-refractivity contribution in [3.8, 4) is 0 Å². The average molecular weight is 188 g/mol. The first kappa shape index (κ1) is 11.4. The molecule has 0 aliphatic heterocycles. The number of rotatable bonds is 2. The van der Waals surface area contributed by atoms with Crippen molar-refractivity contribution < 1.29 is 5.11 Å². The summed E-state index contributed by atoms with van der Waals surface area (Å²) in [7, 11) is 0. The largest absolute Gasteiger partial charge is 0.394 e. The molecule has 0 saturated heterocycles. The van der Waals surface area contributed by atoms with Crippen molar-refractivity contribution in [3.05, 3.63) is 35.4 Å². The Hall–Kier alpha value is -0.570. The summed E-state index contributed by atoms with van der Waals surface area (Å²) >= 11 is 0. The monoisotopic (exact) mass is 187 g/mol. The van der Waals surface area contributed by atoms with Gasteiger partial charge in [-0.2, -0.15) is 0 Å². The topological polar surface area (TPSA) is 46.2 Å². The number of aliphatic hydroxyl groups is 1. The van der Waals surface area contributed by atoms with Crippen LogP contribution in [0.1, 0.15) is 17.2 Å². The minimum absolute atomic E-state index is 0. The van der Waals surface area contributed by atoms with E-state index < -0.39 is 0 Å². The smallest absolute Gasteiger partial charge is 0.0624 e. The Labute approximate surface area is 78.8 Å². The third-order valence-corrected chi connectivity index (χ3v) is 1.70. The molecule has 2 nitrogen and oxygen atoms in total. The van der Waals surface area contributed by atoms with Gasteiger partial charge in [-0.05, 0) is 12.5 Å². The van der Waals surface area contributed by atoms with Crippen LogP contribution in [0.2, 0.25) is 0 Å². The van der Waals surface area contributed by atoms with Crippen LogP contribution in [-0.2, 0) is 0 Å². The van der Waals surface area contributed by atoms with Crippen LogP contribution in [0, 0.1) is 6.92 Å². The summed E-state index contributed by atoms with van der Waals surface area (Å²) in [6, 6.07) is 7.62. The van der Waals surface area contributed by atoms with Crippen molar-refractivity contribution in [2.75, 3.05) is 6.61 Å². The second kappa shape index (κ2) is 5.14. The second-order valence-corrected chi connectivity index (χ2v) is 2.70. The molecule has 0 bridgehead atoms. The number of benzene rings is 1. The highest BCUT2D eigenvalue weighted by atomic mass is 35.5. The van der Waals surface area contributed by atoms with Crippen molar-refractivity contribution in [2.45, 2.75) is 13.0 Å². The lowest BCUT2D eigenvalue weighted by Gasteiger charge is -2.07. The molecule has 3 heteroatoms. The molecule has 1 aromatic carbocycles. The van der Waals surface area contributed by atoms with Gasteiger partial charge in [-0.1, -0.05) is 29.8 Å². The highest BCUT2D eigenvalue weighted by Gasteiger charge is 2.01. The molecule has 1 rings (SSSR count). The van der Waals surface area contributed by atoms with E-state index in [0.717, 1.165) is 5.56 Å². The summed E-state index contributed by atoms with van der Waals surface area (Å²) in [5, 5.41) is 8.73. The Morgan fingerprint density at radius 2 is 1.83 bits per heavy atom. The zero-order chi connectivity index (χ0) is 8.27. The molecule has 0 aliphatic carbocycles. The highest BCUT2D eigenvalue weighted by molar-refractivity contribution is 5.85. The van der Waals surface area contributed by atoms with Crippen LogP contribution in [0.5, 0.6) is 0 Å². The Morgan fingerprint density at radius 1 is 1.33 bits per heavy atom. The van der Waals surface area contributed by atoms with E-state index in [4.69, 9.17) is 10.8 Å². The minimum atomic E-state index is -0.240. The van der Waals surface area contributed by atoms with Crippen LogP contribution in [0.25, 0.3) is 0 Å². The summed E-state index contributed by atoms with van der Waals surface area (Å²) in [6.07, 6.45) is 0. The molecule has 1 atom stereocenters. The fraction of sp³-hybridized carbons (Fsp3) is 0.333. The molecule has 0 saturated carbocycles. The first-order chi connectivity index (χ1) is 5.24. The first-order valence-electron chi connectivity index (χ1n) is 3.67. The molecule has 0 amide bonds. The molecular weight excluding hydrogens is 174 g/mol. The molecule has 0 spiro atoms. The summed E-state index contributed by atoms with van der Waals surface area (Å²) < 4.78 is 0. The lowest BCUT2D eigenvalue weighted by molar-refractivity contribution is 0.268. The number of nitrogens with two attached hydrogens (primary N) is 1. The van der Waals surface area contributed by atoms with Crippen LogP contribution in [0.15, 0.2) is 24.3 Å². The van der Waals surface area contributed by atoms with Gasteiger partial charge >= 0.3 is 0 Å². The number of hydrogen-bond donors (Lipinski definition) is 2.